The number of amides is 1. The molecule has 1 N–H and O–H groups in total. The third-order valence-corrected chi connectivity index (χ3v) is 5.93. The van der Waals surface area contributed by atoms with Gasteiger partial charge in [-0.2, -0.15) is 18.3 Å². The fourth-order valence-corrected chi connectivity index (χ4v) is 3.99. The van der Waals surface area contributed by atoms with E-state index in [0.717, 1.165) is 57.0 Å². The van der Waals surface area contributed by atoms with Crippen molar-refractivity contribution in [3.63, 3.8) is 0 Å². The Labute approximate surface area is 202 Å². The molecule has 3 aromatic carbocycles. The average Bonchev–Trinajstić information content (AvgIpc) is 2.86. The minimum Gasteiger partial charge on any atom is -0.297 e. The Balaban J connectivity index is 1.24. The highest BCUT2D eigenvalue weighted by Crippen LogP contribution is 2.29. The lowest BCUT2D eigenvalue weighted by atomic mass is 10.1. The van der Waals surface area contributed by atoms with Gasteiger partial charge in [0.1, 0.15) is 0 Å². The number of piperazine rings is 1. The summed E-state index contributed by atoms with van der Waals surface area (Å²) in [6.45, 7) is 5.78. The van der Waals surface area contributed by atoms with Crippen molar-refractivity contribution in [2.24, 2.45) is 5.10 Å². The van der Waals surface area contributed by atoms with Crippen LogP contribution in [0.15, 0.2) is 84.0 Å². The van der Waals surface area contributed by atoms with Crippen LogP contribution in [0.5, 0.6) is 0 Å². The van der Waals surface area contributed by atoms with Gasteiger partial charge >= 0.3 is 6.18 Å². The molecule has 0 aromatic heterocycles. The van der Waals surface area contributed by atoms with E-state index in [-0.39, 0.29) is 5.56 Å². The van der Waals surface area contributed by atoms with Crippen molar-refractivity contribution >= 4 is 12.1 Å². The molecule has 0 radical (unpaired) electrons. The molecule has 1 aliphatic rings. The molecule has 5 nitrogen and oxygen atoms in total. The van der Waals surface area contributed by atoms with Gasteiger partial charge in [-0.1, -0.05) is 54.6 Å². The Hall–Kier alpha value is -3.49. The number of nitrogens with one attached hydrogen (secondary N) is 1. The molecule has 1 aliphatic heterocycles. The van der Waals surface area contributed by atoms with E-state index in [0.29, 0.717) is 5.56 Å². The second kappa shape index (κ2) is 11.3. The predicted molar refractivity (Wildman–Crippen MR) is 130 cm³/mol. The van der Waals surface area contributed by atoms with Gasteiger partial charge in [0.05, 0.1) is 11.8 Å². The summed E-state index contributed by atoms with van der Waals surface area (Å²) in [6.07, 6.45) is -3.23. The number of hydrazone groups is 1. The van der Waals surface area contributed by atoms with Crippen molar-refractivity contribution in [1.82, 2.24) is 15.2 Å². The standard InChI is InChI=1S/C27H27F3N4O/c28-27(29,30)25-8-4-7-23(17-25)18-31-32-26(35)24-11-9-22(10-12-24)20-34-15-13-33(14-16-34)19-21-5-2-1-3-6-21/h1-12,17-18H,13-16,19-20H2,(H,32,35)/b31-18-. The van der Waals surface area contributed by atoms with Gasteiger partial charge in [0, 0.05) is 44.8 Å². The minimum atomic E-state index is -4.43. The highest BCUT2D eigenvalue weighted by atomic mass is 19.4. The quantitative estimate of drug-likeness (QED) is 0.391. The lowest BCUT2D eigenvalue weighted by Gasteiger charge is -2.34. The van der Waals surface area contributed by atoms with Crippen molar-refractivity contribution in [2.45, 2.75) is 19.3 Å². The van der Waals surface area contributed by atoms with Crippen LogP contribution in [0.3, 0.4) is 0 Å². The number of rotatable bonds is 7. The van der Waals surface area contributed by atoms with Crippen molar-refractivity contribution in [3.05, 3.63) is 107 Å². The zero-order chi connectivity index (χ0) is 24.7. The first-order chi connectivity index (χ1) is 16.9. The van der Waals surface area contributed by atoms with Crippen LogP contribution >= 0.6 is 0 Å². The number of halogens is 3. The van der Waals surface area contributed by atoms with Gasteiger partial charge in [-0.15, -0.1) is 0 Å². The Kier molecular flexibility index (Phi) is 7.94. The highest BCUT2D eigenvalue weighted by Gasteiger charge is 2.30. The van der Waals surface area contributed by atoms with Gasteiger partial charge in [-0.3, -0.25) is 14.6 Å². The average molecular weight is 481 g/mol. The number of carbonyl (C=O) groups excluding carboxylic acids is 1. The van der Waals surface area contributed by atoms with Crippen molar-refractivity contribution in [1.29, 1.82) is 0 Å². The monoisotopic (exact) mass is 480 g/mol. The van der Waals surface area contributed by atoms with Crippen molar-refractivity contribution in [3.8, 4) is 0 Å². The zero-order valence-electron chi connectivity index (χ0n) is 19.2. The first-order valence-corrected chi connectivity index (χ1v) is 11.4. The summed E-state index contributed by atoms with van der Waals surface area (Å²) < 4.78 is 38.4. The van der Waals surface area contributed by atoms with Crippen LogP contribution in [0, 0.1) is 0 Å². The summed E-state index contributed by atoms with van der Waals surface area (Å²) in [5, 5.41) is 3.79. The van der Waals surface area contributed by atoms with E-state index in [1.807, 2.05) is 18.2 Å². The van der Waals surface area contributed by atoms with Gasteiger partial charge in [0.25, 0.3) is 5.91 Å². The molecule has 1 amide bonds. The summed E-state index contributed by atoms with van der Waals surface area (Å²) in [4.78, 5) is 17.2. The topological polar surface area (TPSA) is 47.9 Å². The summed E-state index contributed by atoms with van der Waals surface area (Å²) >= 11 is 0. The number of hydrogen-bond donors (Lipinski definition) is 1. The van der Waals surface area contributed by atoms with Gasteiger partial charge in [-0.25, -0.2) is 5.43 Å². The fourth-order valence-electron chi connectivity index (χ4n) is 3.99. The van der Waals surface area contributed by atoms with E-state index in [1.165, 1.54) is 23.9 Å². The second-order valence-electron chi connectivity index (χ2n) is 8.56. The maximum absolute atomic E-state index is 12.8. The van der Waals surface area contributed by atoms with E-state index in [2.05, 4.69) is 44.6 Å². The largest absolute Gasteiger partial charge is 0.416 e. The van der Waals surface area contributed by atoms with Crippen LogP contribution in [-0.2, 0) is 19.3 Å². The maximum Gasteiger partial charge on any atom is 0.416 e. The summed E-state index contributed by atoms with van der Waals surface area (Å²) in [7, 11) is 0. The van der Waals surface area contributed by atoms with Gasteiger partial charge in [0.15, 0.2) is 0 Å². The maximum atomic E-state index is 12.8. The molecule has 0 unspecified atom stereocenters. The molecule has 0 bridgehead atoms. The number of hydrogen-bond acceptors (Lipinski definition) is 4. The molecule has 3 aromatic rings. The number of alkyl halides is 3. The molecule has 1 heterocycles. The normalized spacial score (nSPS) is 15.4. The predicted octanol–water partition coefficient (Wildman–Crippen LogP) is 4.79. The van der Waals surface area contributed by atoms with Crippen LogP contribution < -0.4 is 5.43 Å². The molecule has 0 aliphatic carbocycles. The summed E-state index contributed by atoms with van der Waals surface area (Å²) in [5.74, 6) is -0.422. The third-order valence-electron chi connectivity index (χ3n) is 5.93. The minimum absolute atomic E-state index is 0.249. The smallest absolute Gasteiger partial charge is 0.297 e. The number of nitrogens with zero attached hydrogens (tertiary/aromatic N) is 3. The Morgan fingerprint density at radius 3 is 2.03 bits per heavy atom. The fraction of sp³-hybridized carbons (Fsp3) is 0.259. The van der Waals surface area contributed by atoms with E-state index in [4.69, 9.17) is 0 Å². The first-order valence-electron chi connectivity index (χ1n) is 11.4. The Morgan fingerprint density at radius 1 is 0.829 bits per heavy atom. The van der Waals surface area contributed by atoms with Crippen molar-refractivity contribution < 1.29 is 18.0 Å². The van der Waals surface area contributed by atoms with Crippen molar-refractivity contribution in [2.75, 3.05) is 26.2 Å². The van der Waals surface area contributed by atoms with Crippen LogP contribution in [0.1, 0.15) is 32.6 Å². The number of carbonyl (C=O) groups is 1. The SMILES string of the molecule is O=C(N/N=C\c1cccc(C(F)(F)F)c1)c1ccc(CN2CCN(Cc3ccccc3)CC2)cc1. The molecule has 182 valence electrons. The molecule has 0 saturated carbocycles. The molecule has 4 rings (SSSR count). The molecule has 1 fully saturated rings. The van der Waals surface area contributed by atoms with Crippen LogP contribution in [-0.4, -0.2) is 48.1 Å². The van der Waals surface area contributed by atoms with E-state index in [1.54, 1.807) is 12.1 Å². The van der Waals surface area contributed by atoms with Crippen LogP contribution in [0.4, 0.5) is 13.2 Å². The molecule has 1 saturated heterocycles. The van der Waals surface area contributed by atoms with Gasteiger partial charge < -0.3 is 0 Å². The van der Waals surface area contributed by atoms with E-state index >= 15 is 0 Å². The second-order valence-corrected chi connectivity index (χ2v) is 8.56. The molecular weight excluding hydrogens is 453 g/mol. The Bertz CT molecular complexity index is 1140. The molecule has 8 heteroatoms. The molecule has 0 spiro atoms. The lowest BCUT2D eigenvalue weighted by molar-refractivity contribution is -0.137. The Morgan fingerprint density at radius 2 is 1.43 bits per heavy atom. The van der Waals surface area contributed by atoms with Crippen LogP contribution in [0.2, 0.25) is 0 Å². The van der Waals surface area contributed by atoms with Gasteiger partial charge in [-0.05, 0) is 41.0 Å². The van der Waals surface area contributed by atoms with E-state index in [9.17, 15) is 18.0 Å². The molecular formula is C27H27F3N4O. The first kappa shape index (κ1) is 24.6. The summed E-state index contributed by atoms with van der Waals surface area (Å²) in [5.41, 5.74) is 4.73. The molecule has 0 atom stereocenters. The third kappa shape index (κ3) is 7.24. The number of benzene rings is 3. The van der Waals surface area contributed by atoms with E-state index < -0.39 is 17.6 Å². The van der Waals surface area contributed by atoms with Gasteiger partial charge in [0.2, 0.25) is 0 Å². The summed E-state index contributed by atoms with van der Waals surface area (Å²) in [6, 6.07) is 22.5. The highest BCUT2D eigenvalue weighted by molar-refractivity contribution is 5.94. The lowest BCUT2D eigenvalue weighted by Crippen LogP contribution is -2.45. The van der Waals surface area contributed by atoms with Crippen LogP contribution in [0.25, 0.3) is 0 Å². The zero-order valence-corrected chi connectivity index (χ0v) is 19.2. The molecule has 35 heavy (non-hydrogen) atoms.